The van der Waals surface area contributed by atoms with Crippen molar-refractivity contribution >= 4 is 42.3 Å². The van der Waals surface area contributed by atoms with Crippen LogP contribution < -0.4 is 0 Å². The molecule has 0 fully saturated rings. The Labute approximate surface area is 101 Å². The van der Waals surface area contributed by atoms with Gasteiger partial charge < -0.3 is 0 Å². The maximum atomic E-state index is 13.0. The third-order valence-electron chi connectivity index (χ3n) is 1.41. The van der Waals surface area contributed by atoms with E-state index in [1.807, 2.05) is 0 Å². The summed E-state index contributed by atoms with van der Waals surface area (Å²) in [6.07, 6.45) is -2.99. The maximum Gasteiger partial charge on any atom is 0.278 e. The Balaban J connectivity index is 3.50. The minimum Gasteiger partial charge on any atom is -0.206 e. The molecule has 0 aliphatic rings. The maximum absolute atomic E-state index is 13.0. The molecular formula is C6H2ClF3INO2S. The van der Waals surface area contributed by atoms with E-state index in [0.717, 1.165) is 0 Å². The second-order valence-electron chi connectivity index (χ2n) is 2.39. The Hall–Kier alpha value is -0.0900. The summed E-state index contributed by atoms with van der Waals surface area (Å²) < 4.78 is 58.7. The van der Waals surface area contributed by atoms with Crippen molar-refractivity contribution in [2.45, 2.75) is 11.5 Å². The highest BCUT2D eigenvalue weighted by Gasteiger charge is 2.22. The fraction of sp³-hybridized carbons (Fsp3) is 0.167. The first-order chi connectivity index (χ1) is 6.73. The van der Waals surface area contributed by atoms with Crippen LogP contribution in [0.25, 0.3) is 0 Å². The molecule has 1 heterocycles. The average molecular weight is 372 g/mol. The highest BCUT2D eigenvalue weighted by Crippen LogP contribution is 2.28. The van der Waals surface area contributed by atoms with Gasteiger partial charge in [0.1, 0.15) is 0 Å². The van der Waals surface area contributed by atoms with Crippen LogP contribution in [0.5, 0.6) is 0 Å². The lowest BCUT2D eigenvalue weighted by molar-refractivity contribution is 0.149. The first kappa shape index (κ1) is 13.0. The Kier molecular flexibility index (Phi) is 3.82. The van der Waals surface area contributed by atoms with E-state index in [1.54, 1.807) is 0 Å². The zero-order valence-corrected chi connectivity index (χ0v) is 10.4. The van der Waals surface area contributed by atoms with E-state index in [-0.39, 0.29) is 0 Å². The Morgan fingerprint density at radius 2 is 2.00 bits per heavy atom. The fourth-order valence-corrected chi connectivity index (χ4v) is 1.98. The van der Waals surface area contributed by atoms with E-state index >= 15 is 0 Å². The molecule has 0 atom stereocenters. The smallest absolute Gasteiger partial charge is 0.206 e. The Bertz CT molecular complexity index is 493. The number of aromatic nitrogens is 1. The van der Waals surface area contributed by atoms with E-state index in [2.05, 4.69) is 4.98 Å². The molecule has 9 heteroatoms. The second-order valence-corrected chi connectivity index (χ2v) is 5.98. The first-order valence-corrected chi connectivity index (χ1v) is 6.71. The number of pyridine rings is 1. The van der Waals surface area contributed by atoms with Crippen LogP contribution in [0.3, 0.4) is 0 Å². The number of alkyl halides is 2. The quantitative estimate of drug-likeness (QED) is 0.456. The van der Waals surface area contributed by atoms with Crippen LogP contribution >= 0.6 is 33.3 Å². The lowest BCUT2D eigenvalue weighted by Gasteiger charge is -2.05. The topological polar surface area (TPSA) is 47.0 Å². The van der Waals surface area contributed by atoms with E-state index in [1.165, 1.54) is 22.6 Å². The van der Waals surface area contributed by atoms with Crippen molar-refractivity contribution in [3.05, 3.63) is 21.1 Å². The molecule has 0 bridgehead atoms. The molecule has 0 unspecified atom stereocenters. The van der Waals surface area contributed by atoms with Gasteiger partial charge >= 0.3 is 0 Å². The lowest BCUT2D eigenvalue weighted by Crippen LogP contribution is -2.04. The van der Waals surface area contributed by atoms with Crippen molar-refractivity contribution in [1.29, 1.82) is 0 Å². The molecule has 1 aromatic rings. The van der Waals surface area contributed by atoms with Gasteiger partial charge in [0, 0.05) is 16.2 Å². The summed E-state index contributed by atoms with van der Waals surface area (Å²) in [7, 11) is 0.542. The highest BCUT2D eigenvalue weighted by atomic mass is 127. The van der Waals surface area contributed by atoms with Crippen LogP contribution in [0, 0.1) is 9.52 Å². The monoisotopic (exact) mass is 371 g/mol. The number of hydrogen-bond acceptors (Lipinski definition) is 3. The number of hydrogen-bond donors (Lipinski definition) is 0. The van der Waals surface area contributed by atoms with Gasteiger partial charge in [0.15, 0.2) is 5.03 Å². The minimum atomic E-state index is -4.31. The van der Waals surface area contributed by atoms with Gasteiger partial charge in [0.25, 0.3) is 15.5 Å². The number of nitrogens with zero attached hydrogens (tertiary/aromatic N) is 1. The molecule has 0 radical (unpaired) electrons. The minimum absolute atomic E-state index is 0.424. The van der Waals surface area contributed by atoms with Gasteiger partial charge in [-0.3, -0.25) is 0 Å². The predicted molar refractivity (Wildman–Crippen MR) is 54.9 cm³/mol. The van der Waals surface area contributed by atoms with Gasteiger partial charge in [-0.05, 0) is 28.7 Å². The Morgan fingerprint density at radius 1 is 1.47 bits per heavy atom. The zero-order chi connectivity index (χ0) is 11.8. The van der Waals surface area contributed by atoms with Crippen molar-refractivity contribution < 1.29 is 21.6 Å². The fourth-order valence-electron chi connectivity index (χ4n) is 0.777. The third-order valence-corrected chi connectivity index (χ3v) is 3.66. The van der Waals surface area contributed by atoms with Gasteiger partial charge in [-0.25, -0.2) is 22.2 Å². The molecule has 0 aromatic carbocycles. The van der Waals surface area contributed by atoms with Gasteiger partial charge in [0.05, 0.1) is 3.57 Å². The van der Waals surface area contributed by atoms with Gasteiger partial charge in [-0.1, -0.05) is 0 Å². The summed E-state index contributed by atoms with van der Waals surface area (Å²) in [4.78, 5) is 2.96. The van der Waals surface area contributed by atoms with E-state index in [0.29, 0.717) is 6.07 Å². The summed E-state index contributed by atoms with van der Waals surface area (Å²) in [6, 6.07) is 0.553. The van der Waals surface area contributed by atoms with Gasteiger partial charge in [0.2, 0.25) is 5.95 Å². The SMILES string of the molecule is O=S(=O)(Cl)c1cc(C(F)F)c(I)c(F)n1. The van der Waals surface area contributed by atoms with Crippen molar-refractivity contribution in [2.24, 2.45) is 0 Å². The molecule has 0 amide bonds. The number of halogens is 5. The van der Waals surface area contributed by atoms with Crippen molar-refractivity contribution in [3.63, 3.8) is 0 Å². The molecule has 3 nitrogen and oxygen atoms in total. The summed E-state index contributed by atoms with van der Waals surface area (Å²) >= 11 is 1.31. The van der Waals surface area contributed by atoms with Crippen LogP contribution in [0.2, 0.25) is 0 Å². The zero-order valence-electron chi connectivity index (χ0n) is 6.72. The lowest BCUT2D eigenvalue weighted by atomic mass is 10.3. The molecule has 0 N–H and O–H groups in total. The average Bonchev–Trinajstić information content (AvgIpc) is 2.06. The third kappa shape index (κ3) is 2.94. The molecule has 1 rings (SSSR count). The largest absolute Gasteiger partial charge is 0.278 e. The summed E-state index contributed by atoms with van der Waals surface area (Å²) in [5, 5.41) is -0.919. The van der Waals surface area contributed by atoms with E-state index < -0.39 is 35.6 Å². The first-order valence-electron chi connectivity index (χ1n) is 3.32. The van der Waals surface area contributed by atoms with Gasteiger partial charge in [-0.15, -0.1) is 0 Å². The number of rotatable bonds is 2. The van der Waals surface area contributed by atoms with Crippen LogP contribution in [0.1, 0.15) is 12.0 Å². The van der Waals surface area contributed by atoms with Crippen LogP contribution in [-0.2, 0) is 9.05 Å². The molecule has 0 saturated heterocycles. The van der Waals surface area contributed by atoms with E-state index in [9.17, 15) is 21.6 Å². The molecular weight excluding hydrogens is 369 g/mol. The summed E-state index contributed by atoms with van der Waals surface area (Å²) in [5.41, 5.74) is -0.748. The van der Waals surface area contributed by atoms with Crippen molar-refractivity contribution in [3.8, 4) is 0 Å². The van der Waals surface area contributed by atoms with E-state index in [4.69, 9.17) is 10.7 Å². The molecule has 0 aliphatic heterocycles. The normalized spacial score (nSPS) is 12.1. The molecule has 0 aliphatic carbocycles. The molecule has 15 heavy (non-hydrogen) atoms. The predicted octanol–water partition coefficient (Wildman–Crippen LogP) is 2.69. The molecule has 0 spiro atoms. The van der Waals surface area contributed by atoms with Crippen molar-refractivity contribution in [1.82, 2.24) is 4.98 Å². The van der Waals surface area contributed by atoms with Crippen molar-refractivity contribution in [2.75, 3.05) is 0 Å². The van der Waals surface area contributed by atoms with Gasteiger partial charge in [-0.2, -0.15) is 4.39 Å². The highest BCUT2D eigenvalue weighted by molar-refractivity contribution is 14.1. The van der Waals surface area contributed by atoms with Crippen LogP contribution in [0.4, 0.5) is 13.2 Å². The molecule has 1 aromatic heterocycles. The summed E-state index contributed by atoms with van der Waals surface area (Å²) in [6.45, 7) is 0. The molecule has 84 valence electrons. The Morgan fingerprint density at radius 3 is 2.40 bits per heavy atom. The van der Waals surface area contributed by atoms with Crippen LogP contribution in [0.15, 0.2) is 11.1 Å². The summed E-state index contributed by atoms with van der Waals surface area (Å²) in [5.74, 6) is -1.28. The standard InChI is InChI=1S/C6H2ClF3INO2S/c7-15(13,14)3-1-2(5(8)9)4(11)6(10)12-3/h1,5H. The van der Waals surface area contributed by atoms with Crippen LogP contribution in [-0.4, -0.2) is 13.4 Å². The molecule has 0 saturated carbocycles. The second kappa shape index (κ2) is 4.42.